The first-order valence-corrected chi connectivity index (χ1v) is 6.04. The molecule has 0 aliphatic carbocycles. The van der Waals surface area contributed by atoms with E-state index in [4.69, 9.17) is 0 Å². The Labute approximate surface area is 93.1 Å². The van der Waals surface area contributed by atoms with Crippen molar-refractivity contribution in [3.8, 4) is 0 Å². The predicted octanol–water partition coefficient (Wildman–Crippen LogP) is 0.791. The van der Waals surface area contributed by atoms with E-state index < -0.39 is 0 Å². The number of carbonyl (C=O) groups is 1. The quantitative estimate of drug-likeness (QED) is 0.799. The van der Waals surface area contributed by atoms with E-state index in [0.717, 1.165) is 31.1 Å². The van der Waals surface area contributed by atoms with Gasteiger partial charge in [0.25, 0.3) is 5.91 Å². The van der Waals surface area contributed by atoms with Crippen LogP contribution in [0.15, 0.2) is 5.38 Å². The van der Waals surface area contributed by atoms with Gasteiger partial charge in [0.1, 0.15) is 5.69 Å². The zero-order valence-electron chi connectivity index (χ0n) is 8.75. The summed E-state index contributed by atoms with van der Waals surface area (Å²) in [5.74, 6) is 0.528. The Morgan fingerprint density at radius 2 is 2.67 bits per heavy atom. The summed E-state index contributed by atoms with van der Waals surface area (Å²) in [4.78, 5) is 15.8. The molecule has 15 heavy (non-hydrogen) atoms. The summed E-state index contributed by atoms with van der Waals surface area (Å²) in [6.45, 7) is 4.73. The van der Waals surface area contributed by atoms with Crippen molar-refractivity contribution in [2.24, 2.45) is 5.92 Å². The molecule has 5 heteroatoms. The number of nitrogens with zero attached hydrogens (tertiary/aromatic N) is 1. The van der Waals surface area contributed by atoms with Crippen molar-refractivity contribution in [1.82, 2.24) is 15.6 Å². The molecule has 1 unspecified atom stereocenters. The van der Waals surface area contributed by atoms with E-state index in [1.165, 1.54) is 11.3 Å². The number of rotatable bonds is 3. The van der Waals surface area contributed by atoms with Crippen LogP contribution in [0.5, 0.6) is 0 Å². The number of amides is 1. The average Bonchev–Trinajstić information content (AvgIpc) is 2.84. The van der Waals surface area contributed by atoms with Gasteiger partial charge in [0, 0.05) is 11.9 Å². The number of aryl methyl sites for hydroxylation is 1. The zero-order chi connectivity index (χ0) is 10.7. The Morgan fingerprint density at radius 1 is 1.80 bits per heavy atom. The predicted molar refractivity (Wildman–Crippen MR) is 60.2 cm³/mol. The molecule has 1 aromatic heterocycles. The van der Waals surface area contributed by atoms with Gasteiger partial charge in [-0.15, -0.1) is 11.3 Å². The van der Waals surface area contributed by atoms with Gasteiger partial charge >= 0.3 is 0 Å². The van der Waals surface area contributed by atoms with Gasteiger partial charge in [-0.2, -0.15) is 0 Å². The maximum atomic E-state index is 11.6. The summed E-state index contributed by atoms with van der Waals surface area (Å²) in [7, 11) is 0. The third-order valence-electron chi connectivity index (χ3n) is 2.57. The SMILES string of the molecule is Cc1nc(C(=O)NCC2CCNC2)cs1. The third-order valence-corrected chi connectivity index (χ3v) is 3.34. The second-order valence-electron chi connectivity index (χ2n) is 3.82. The van der Waals surface area contributed by atoms with Gasteiger partial charge in [-0.1, -0.05) is 0 Å². The Balaban J connectivity index is 1.81. The lowest BCUT2D eigenvalue weighted by Gasteiger charge is -2.08. The summed E-state index contributed by atoms with van der Waals surface area (Å²) in [6.07, 6.45) is 1.15. The number of nitrogens with one attached hydrogen (secondary N) is 2. The summed E-state index contributed by atoms with van der Waals surface area (Å²) < 4.78 is 0. The molecule has 1 atom stereocenters. The molecule has 2 rings (SSSR count). The van der Waals surface area contributed by atoms with Gasteiger partial charge in [-0.3, -0.25) is 4.79 Å². The summed E-state index contributed by atoms with van der Waals surface area (Å²) in [5, 5.41) is 8.93. The summed E-state index contributed by atoms with van der Waals surface area (Å²) in [5.41, 5.74) is 0.545. The molecular weight excluding hydrogens is 210 g/mol. The largest absolute Gasteiger partial charge is 0.350 e. The fourth-order valence-corrected chi connectivity index (χ4v) is 2.28. The van der Waals surface area contributed by atoms with Crippen LogP contribution in [-0.4, -0.2) is 30.5 Å². The lowest BCUT2D eigenvalue weighted by molar-refractivity contribution is 0.0944. The first kappa shape index (κ1) is 10.6. The second-order valence-corrected chi connectivity index (χ2v) is 4.88. The molecule has 1 aliphatic rings. The average molecular weight is 225 g/mol. The summed E-state index contributed by atoms with van der Waals surface area (Å²) in [6, 6.07) is 0. The van der Waals surface area contributed by atoms with E-state index in [0.29, 0.717) is 11.6 Å². The molecule has 0 spiro atoms. The van der Waals surface area contributed by atoms with E-state index in [1.54, 1.807) is 5.38 Å². The molecule has 1 aliphatic heterocycles. The molecule has 0 aromatic carbocycles. The third kappa shape index (κ3) is 2.76. The molecular formula is C10H15N3OS. The van der Waals surface area contributed by atoms with Crippen molar-refractivity contribution in [3.63, 3.8) is 0 Å². The lowest BCUT2D eigenvalue weighted by atomic mass is 10.1. The van der Waals surface area contributed by atoms with Crippen LogP contribution in [0.4, 0.5) is 0 Å². The molecule has 0 bridgehead atoms. The molecule has 1 amide bonds. The lowest BCUT2D eigenvalue weighted by Crippen LogP contribution is -2.30. The highest BCUT2D eigenvalue weighted by molar-refractivity contribution is 7.09. The Kier molecular flexibility index (Phi) is 3.33. The fourth-order valence-electron chi connectivity index (χ4n) is 1.68. The van der Waals surface area contributed by atoms with Crippen molar-refractivity contribution >= 4 is 17.2 Å². The molecule has 2 N–H and O–H groups in total. The molecule has 1 saturated heterocycles. The van der Waals surface area contributed by atoms with E-state index in [-0.39, 0.29) is 5.91 Å². The Bertz CT molecular complexity index is 344. The van der Waals surface area contributed by atoms with Crippen LogP contribution in [0.3, 0.4) is 0 Å². The number of hydrogen-bond acceptors (Lipinski definition) is 4. The van der Waals surface area contributed by atoms with Crippen LogP contribution in [0.1, 0.15) is 21.9 Å². The maximum Gasteiger partial charge on any atom is 0.270 e. The van der Waals surface area contributed by atoms with Crippen LogP contribution < -0.4 is 10.6 Å². The highest BCUT2D eigenvalue weighted by Gasteiger charge is 2.16. The number of thiazole rings is 1. The molecule has 82 valence electrons. The van der Waals surface area contributed by atoms with E-state index in [2.05, 4.69) is 15.6 Å². The fraction of sp³-hybridized carbons (Fsp3) is 0.600. The van der Waals surface area contributed by atoms with Crippen LogP contribution in [0.2, 0.25) is 0 Å². The van der Waals surface area contributed by atoms with Gasteiger partial charge in [0.2, 0.25) is 0 Å². The minimum Gasteiger partial charge on any atom is -0.350 e. The molecule has 1 aromatic rings. The van der Waals surface area contributed by atoms with Crippen LogP contribution in [-0.2, 0) is 0 Å². The topological polar surface area (TPSA) is 54.0 Å². The highest BCUT2D eigenvalue weighted by Crippen LogP contribution is 2.09. The molecule has 0 saturated carbocycles. The molecule has 1 fully saturated rings. The Hall–Kier alpha value is -0.940. The van der Waals surface area contributed by atoms with Crippen LogP contribution in [0, 0.1) is 12.8 Å². The number of carbonyl (C=O) groups excluding carboxylic acids is 1. The summed E-state index contributed by atoms with van der Waals surface area (Å²) >= 11 is 1.51. The van der Waals surface area contributed by atoms with E-state index in [1.807, 2.05) is 6.92 Å². The smallest absolute Gasteiger partial charge is 0.270 e. The number of hydrogen-bond donors (Lipinski definition) is 2. The minimum absolute atomic E-state index is 0.0498. The van der Waals surface area contributed by atoms with Gasteiger partial charge < -0.3 is 10.6 Å². The molecule has 0 radical (unpaired) electrons. The van der Waals surface area contributed by atoms with Crippen molar-refractivity contribution in [3.05, 3.63) is 16.1 Å². The maximum absolute atomic E-state index is 11.6. The first-order chi connectivity index (χ1) is 7.25. The van der Waals surface area contributed by atoms with Gasteiger partial charge in [0.05, 0.1) is 5.01 Å². The first-order valence-electron chi connectivity index (χ1n) is 5.17. The van der Waals surface area contributed by atoms with Crippen molar-refractivity contribution in [1.29, 1.82) is 0 Å². The minimum atomic E-state index is -0.0498. The van der Waals surface area contributed by atoms with Gasteiger partial charge in [-0.05, 0) is 32.4 Å². The normalized spacial score (nSPS) is 20.5. The van der Waals surface area contributed by atoms with Gasteiger partial charge in [-0.25, -0.2) is 4.98 Å². The van der Waals surface area contributed by atoms with E-state index >= 15 is 0 Å². The van der Waals surface area contributed by atoms with Crippen LogP contribution in [0.25, 0.3) is 0 Å². The number of aromatic nitrogens is 1. The van der Waals surface area contributed by atoms with Crippen molar-refractivity contribution in [2.45, 2.75) is 13.3 Å². The van der Waals surface area contributed by atoms with Crippen molar-refractivity contribution in [2.75, 3.05) is 19.6 Å². The highest BCUT2D eigenvalue weighted by atomic mass is 32.1. The monoisotopic (exact) mass is 225 g/mol. The Morgan fingerprint density at radius 3 is 3.27 bits per heavy atom. The standard InChI is InChI=1S/C10H15N3OS/c1-7-13-9(6-15-7)10(14)12-5-8-2-3-11-4-8/h6,8,11H,2-5H2,1H3,(H,12,14). The van der Waals surface area contributed by atoms with Gasteiger partial charge in [0.15, 0.2) is 0 Å². The second kappa shape index (κ2) is 4.72. The molecule has 4 nitrogen and oxygen atoms in total. The molecule has 2 heterocycles. The zero-order valence-corrected chi connectivity index (χ0v) is 9.56. The van der Waals surface area contributed by atoms with Crippen molar-refractivity contribution < 1.29 is 4.79 Å². The van der Waals surface area contributed by atoms with Crippen LogP contribution >= 0.6 is 11.3 Å². The van der Waals surface area contributed by atoms with E-state index in [9.17, 15) is 4.79 Å².